The number of furan rings is 1. The maximum Gasteiger partial charge on any atom is 0.339 e. The van der Waals surface area contributed by atoms with Gasteiger partial charge in [-0.25, -0.2) is 9.86 Å². The highest BCUT2D eigenvalue weighted by Crippen LogP contribution is 2.28. The van der Waals surface area contributed by atoms with E-state index in [1.54, 1.807) is 13.0 Å². The molecule has 0 saturated heterocycles. The van der Waals surface area contributed by atoms with Crippen LogP contribution in [0.5, 0.6) is 5.75 Å². The minimum absolute atomic E-state index is 0.0274. The Hall–Kier alpha value is -3.86. The second-order valence-electron chi connectivity index (χ2n) is 8.17. The van der Waals surface area contributed by atoms with Gasteiger partial charge in [0.15, 0.2) is 5.76 Å². The minimum Gasteiger partial charge on any atom is -0.496 e. The lowest BCUT2D eigenvalue weighted by Gasteiger charge is -2.29. The number of hydrogen-bond donors (Lipinski definition) is 4. The zero-order chi connectivity index (χ0) is 26.7. The van der Waals surface area contributed by atoms with E-state index in [4.69, 9.17) is 9.15 Å². The van der Waals surface area contributed by atoms with Gasteiger partial charge in [0, 0.05) is 5.56 Å². The topological polar surface area (TPSA) is 158 Å². The number of carboxylic acids is 1. The van der Waals surface area contributed by atoms with Gasteiger partial charge in [-0.2, -0.15) is 0 Å². The number of aromatic carboxylic acids is 1. The van der Waals surface area contributed by atoms with Crippen molar-refractivity contribution in [2.45, 2.75) is 52.0 Å². The van der Waals surface area contributed by atoms with Crippen LogP contribution in [0.2, 0.25) is 0 Å². The largest absolute Gasteiger partial charge is 0.496 e. The number of rotatable bonds is 15. The van der Waals surface area contributed by atoms with Crippen LogP contribution in [0.25, 0.3) is 11.3 Å². The van der Waals surface area contributed by atoms with E-state index in [0.717, 1.165) is 19.3 Å². The van der Waals surface area contributed by atoms with Crippen LogP contribution in [0.15, 0.2) is 34.7 Å². The Bertz CT molecular complexity index is 1050. The van der Waals surface area contributed by atoms with Crippen molar-refractivity contribution in [2.75, 3.05) is 13.8 Å². The van der Waals surface area contributed by atoms with Gasteiger partial charge in [0.25, 0.3) is 5.91 Å². The number of carbonyl (C=O) groups excluding carboxylic acids is 3. The summed E-state index contributed by atoms with van der Waals surface area (Å²) in [6.45, 7) is 3.62. The lowest BCUT2D eigenvalue weighted by molar-refractivity contribution is -0.168. The molecule has 11 heteroatoms. The molecule has 0 aliphatic carbocycles. The van der Waals surface area contributed by atoms with Gasteiger partial charge in [0.2, 0.25) is 12.3 Å². The zero-order valence-electron chi connectivity index (χ0n) is 20.7. The maximum absolute atomic E-state index is 12.8. The molecule has 4 N–H and O–H groups in total. The molecule has 2 aromatic rings. The average Bonchev–Trinajstić information content (AvgIpc) is 3.38. The van der Waals surface area contributed by atoms with Crippen LogP contribution in [-0.4, -0.2) is 59.4 Å². The van der Waals surface area contributed by atoms with Crippen molar-refractivity contribution in [3.8, 4) is 17.1 Å². The SMILES string of the molecule is CCCCCC(C(=O)NCNC(=O)c1ccc(-c2ccc(OC)c(C(=O)O)c2)o1)C(CC)N(O)C=O. The summed E-state index contributed by atoms with van der Waals surface area (Å²) in [4.78, 5) is 47.8. The van der Waals surface area contributed by atoms with Crippen LogP contribution in [0.1, 0.15) is 66.9 Å². The normalized spacial score (nSPS) is 12.3. The van der Waals surface area contributed by atoms with E-state index in [2.05, 4.69) is 10.6 Å². The fourth-order valence-corrected chi connectivity index (χ4v) is 3.92. The lowest BCUT2D eigenvalue weighted by Crippen LogP contribution is -2.47. The third kappa shape index (κ3) is 7.32. The molecule has 36 heavy (non-hydrogen) atoms. The summed E-state index contributed by atoms with van der Waals surface area (Å²) in [6, 6.07) is 6.78. The third-order valence-corrected chi connectivity index (χ3v) is 5.84. The number of hydrogen-bond acceptors (Lipinski definition) is 7. The quantitative estimate of drug-likeness (QED) is 0.0947. The first-order valence-electron chi connectivity index (χ1n) is 11.8. The number of hydroxylamine groups is 2. The number of carbonyl (C=O) groups is 4. The number of carboxylic acid groups (broad SMARTS) is 1. The first-order chi connectivity index (χ1) is 17.3. The van der Waals surface area contributed by atoms with Crippen molar-refractivity contribution in [3.63, 3.8) is 0 Å². The Balaban J connectivity index is 2.02. The van der Waals surface area contributed by atoms with Crippen molar-refractivity contribution >= 4 is 24.2 Å². The first kappa shape index (κ1) is 28.4. The molecule has 2 unspecified atom stereocenters. The van der Waals surface area contributed by atoms with E-state index in [1.165, 1.54) is 31.4 Å². The molecule has 11 nitrogen and oxygen atoms in total. The molecule has 0 bridgehead atoms. The number of ether oxygens (including phenoxy) is 1. The standard InChI is InChI=1S/C25H33N3O8/c1-4-6-7-8-17(19(5-2)28(34)15-29)23(30)26-14-27-24(31)22-12-11-20(36-22)16-9-10-21(35-3)18(13-16)25(32)33/h9-13,15,17,19,34H,4-8,14H2,1-3H3,(H,26,30)(H,27,31)(H,32,33). The van der Waals surface area contributed by atoms with Crippen molar-refractivity contribution in [3.05, 3.63) is 41.7 Å². The van der Waals surface area contributed by atoms with Crippen LogP contribution in [0, 0.1) is 5.92 Å². The summed E-state index contributed by atoms with van der Waals surface area (Å²) in [5.74, 6) is -2.32. The number of nitrogens with one attached hydrogen (secondary N) is 2. The van der Waals surface area contributed by atoms with Gasteiger partial charge in [0.05, 0.1) is 25.7 Å². The fraction of sp³-hybridized carbons (Fsp3) is 0.440. The highest BCUT2D eigenvalue weighted by molar-refractivity contribution is 5.94. The highest BCUT2D eigenvalue weighted by atomic mass is 16.5. The summed E-state index contributed by atoms with van der Waals surface area (Å²) < 4.78 is 10.6. The van der Waals surface area contributed by atoms with E-state index in [1.807, 2.05) is 6.92 Å². The fourth-order valence-electron chi connectivity index (χ4n) is 3.92. The van der Waals surface area contributed by atoms with E-state index >= 15 is 0 Å². The molecular formula is C25H33N3O8. The van der Waals surface area contributed by atoms with E-state index in [0.29, 0.717) is 23.5 Å². The second kappa shape index (κ2) is 13.9. The van der Waals surface area contributed by atoms with Crippen molar-refractivity contribution in [1.82, 2.24) is 15.7 Å². The van der Waals surface area contributed by atoms with Crippen molar-refractivity contribution in [1.29, 1.82) is 0 Å². The predicted molar refractivity (Wildman–Crippen MR) is 130 cm³/mol. The Morgan fingerprint density at radius 3 is 2.50 bits per heavy atom. The molecule has 1 heterocycles. The summed E-state index contributed by atoms with van der Waals surface area (Å²) in [5.41, 5.74) is 0.403. The molecule has 2 rings (SSSR count). The number of methoxy groups -OCH3 is 1. The van der Waals surface area contributed by atoms with E-state index in [-0.39, 0.29) is 35.9 Å². The molecule has 3 amide bonds. The van der Waals surface area contributed by atoms with Crippen molar-refractivity contribution in [2.24, 2.45) is 5.92 Å². The number of amides is 3. The monoisotopic (exact) mass is 503 g/mol. The smallest absolute Gasteiger partial charge is 0.339 e. The number of unbranched alkanes of at least 4 members (excludes halogenated alkanes) is 2. The molecule has 2 atom stereocenters. The summed E-state index contributed by atoms with van der Waals surface area (Å²) >= 11 is 0. The summed E-state index contributed by atoms with van der Waals surface area (Å²) in [5, 5.41) is 24.9. The van der Waals surface area contributed by atoms with Gasteiger partial charge in [-0.15, -0.1) is 0 Å². The van der Waals surface area contributed by atoms with Gasteiger partial charge < -0.3 is 24.9 Å². The van der Waals surface area contributed by atoms with Gasteiger partial charge in [0.1, 0.15) is 17.1 Å². The molecule has 0 fully saturated rings. The molecule has 196 valence electrons. The number of benzene rings is 1. The second-order valence-corrected chi connectivity index (χ2v) is 8.17. The van der Waals surface area contributed by atoms with Gasteiger partial charge in [-0.3, -0.25) is 19.6 Å². The van der Waals surface area contributed by atoms with Crippen LogP contribution < -0.4 is 15.4 Å². The van der Waals surface area contributed by atoms with Crippen LogP contribution >= 0.6 is 0 Å². The van der Waals surface area contributed by atoms with Gasteiger partial charge in [-0.1, -0.05) is 33.1 Å². The lowest BCUT2D eigenvalue weighted by atomic mass is 9.90. The molecule has 0 aliphatic rings. The van der Waals surface area contributed by atoms with Crippen LogP contribution in [0.3, 0.4) is 0 Å². The molecule has 0 saturated carbocycles. The Labute approximate surface area is 209 Å². The molecule has 0 spiro atoms. The Morgan fingerprint density at radius 2 is 1.89 bits per heavy atom. The molecular weight excluding hydrogens is 470 g/mol. The molecule has 0 aliphatic heterocycles. The Morgan fingerprint density at radius 1 is 1.14 bits per heavy atom. The molecule has 0 radical (unpaired) electrons. The summed E-state index contributed by atoms with van der Waals surface area (Å²) in [6.07, 6.45) is 3.78. The zero-order valence-corrected chi connectivity index (χ0v) is 20.7. The van der Waals surface area contributed by atoms with Crippen LogP contribution in [0.4, 0.5) is 0 Å². The van der Waals surface area contributed by atoms with Crippen molar-refractivity contribution < 1.29 is 38.6 Å². The molecule has 1 aromatic heterocycles. The van der Waals surface area contributed by atoms with Gasteiger partial charge in [-0.05, 0) is 43.2 Å². The van der Waals surface area contributed by atoms with E-state index in [9.17, 15) is 29.5 Å². The van der Waals surface area contributed by atoms with Gasteiger partial charge >= 0.3 is 5.97 Å². The summed E-state index contributed by atoms with van der Waals surface area (Å²) in [7, 11) is 1.37. The Kier molecular flexibility index (Phi) is 10.9. The van der Waals surface area contributed by atoms with E-state index < -0.39 is 29.7 Å². The maximum atomic E-state index is 12.8. The first-order valence-corrected chi connectivity index (χ1v) is 11.8. The highest BCUT2D eigenvalue weighted by Gasteiger charge is 2.30. The van der Waals surface area contributed by atoms with Crippen LogP contribution in [-0.2, 0) is 9.59 Å². The predicted octanol–water partition coefficient (Wildman–Crippen LogP) is 3.28. The molecule has 1 aromatic carbocycles. The minimum atomic E-state index is -1.16. The third-order valence-electron chi connectivity index (χ3n) is 5.84. The number of nitrogens with zero attached hydrogens (tertiary/aromatic N) is 1. The average molecular weight is 504 g/mol.